The van der Waals surface area contributed by atoms with E-state index in [9.17, 15) is 24.3 Å². The predicted octanol–water partition coefficient (Wildman–Crippen LogP) is 3.03. The van der Waals surface area contributed by atoms with Gasteiger partial charge in [0.05, 0.1) is 6.42 Å². The van der Waals surface area contributed by atoms with Crippen LogP contribution in [0, 0.1) is 29.6 Å². The molecule has 4 aliphatic heterocycles. The van der Waals surface area contributed by atoms with E-state index in [2.05, 4.69) is 17.6 Å². The van der Waals surface area contributed by atoms with E-state index in [0.29, 0.717) is 25.2 Å². The van der Waals surface area contributed by atoms with Gasteiger partial charge in [0.2, 0.25) is 23.9 Å². The highest BCUT2D eigenvalue weighted by Gasteiger charge is 2.69. The van der Waals surface area contributed by atoms with Gasteiger partial charge in [-0.25, -0.2) is 14.6 Å². The first-order chi connectivity index (χ1) is 19.4. The number of hydrogen-bond acceptors (Lipinski definition) is 9. The first-order valence-electron chi connectivity index (χ1n) is 15.1. The van der Waals surface area contributed by atoms with E-state index < -0.39 is 41.9 Å². The summed E-state index contributed by atoms with van der Waals surface area (Å²) < 4.78 is 18.3. The standard InChI is InChI=1S/C29H46N2O10/c1-6-16(2)24(25(35)36)31-22(33)8-7-15-30-21(32)11-12-23(34)37-26-18(4)20-10-9-17(3)19-13-14-28(5)39-27(38-26)29(19,20)41-40-28/h16-20,24,26-27H,6-15H2,1-5H3,(H,30,32)(H,31,33)(H,35,36)/t16-,17-,18-,19+,20+,24+,26+,27+,28-,29+/m1/s1. The second-order valence-corrected chi connectivity index (χ2v) is 12.5. The quantitative estimate of drug-likeness (QED) is 0.177. The molecular formula is C29H46N2O10. The molecule has 0 aromatic rings. The van der Waals surface area contributed by atoms with Crippen molar-refractivity contribution in [2.24, 2.45) is 29.6 Å². The van der Waals surface area contributed by atoms with E-state index in [1.54, 1.807) is 6.92 Å². The fourth-order valence-corrected chi connectivity index (χ4v) is 6.90. The number of hydrogen-bond donors (Lipinski definition) is 3. The molecule has 0 aromatic heterocycles. The Morgan fingerprint density at radius 2 is 1.78 bits per heavy atom. The van der Waals surface area contributed by atoms with Crippen LogP contribution in [0.5, 0.6) is 0 Å². The largest absolute Gasteiger partial charge is 0.480 e. The van der Waals surface area contributed by atoms with Crippen LogP contribution < -0.4 is 10.6 Å². The Morgan fingerprint density at radius 1 is 1.02 bits per heavy atom. The fourth-order valence-electron chi connectivity index (χ4n) is 6.90. The lowest BCUT2D eigenvalue weighted by Crippen LogP contribution is -2.70. The maximum Gasteiger partial charge on any atom is 0.326 e. The van der Waals surface area contributed by atoms with Gasteiger partial charge in [0, 0.05) is 37.6 Å². The molecule has 1 aliphatic carbocycles. The van der Waals surface area contributed by atoms with Crippen molar-refractivity contribution >= 4 is 23.8 Å². The van der Waals surface area contributed by atoms with Crippen molar-refractivity contribution < 1.29 is 48.3 Å². The van der Waals surface area contributed by atoms with Gasteiger partial charge in [0.1, 0.15) is 6.04 Å². The monoisotopic (exact) mass is 582 g/mol. The minimum Gasteiger partial charge on any atom is -0.480 e. The Balaban J connectivity index is 1.21. The van der Waals surface area contributed by atoms with Crippen LogP contribution >= 0.6 is 0 Å². The Labute approximate surface area is 241 Å². The first kappa shape index (κ1) is 31.7. The summed E-state index contributed by atoms with van der Waals surface area (Å²) in [4.78, 5) is 60.4. The zero-order valence-electron chi connectivity index (χ0n) is 24.8. The highest BCUT2D eigenvalue weighted by molar-refractivity contribution is 5.84. The third-order valence-corrected chi connectivity index (χ3v) is 9.60. The molecule has 5 rings (SSSR count). The lowest BCUT2D eigenvalue weighted by molar-refractivity contribution is -0.576. The normalized spacial score (nSPS) is 37.2. The van der Waals surface area contributed by atoms with Gasteiger partial charge in [-0.15, -0.1) is 0 Å². The van der Waals surface area contributed by atoms with E-state index in [4.69, 9.17) is 24.0 Å². The van der Waals surface area contributed by atoms with Crippen molar-refractivity contribution in [3.05, 3.63) is 0 Å². The van der Waals surface area contributed by atoms with Crippen LogP contribution in [-0.2, 0) is 43.2 Å². The van der Waals surface area contributed by atoms with Crippen LogP contribution in [0.1, 0.15) is 92.4 Å². The Bertz CT molecular complexity index is 993. The molecule has 232 valence electrons. The summed E-state index contributed by atoms with van der Waals surface area (Å²) in [6, 6.07) is -0.939. The number of fused-ring (bicyclic) bond motifs is 2. The smallest absolute Gasteiger partial charge is 0.326 e. The predicted molar refractivity (Wildman–Crippen MR) is 143 cm³/mol. The summed E-state index contributed by atoms with van der Waals surface area (Å²) in [5.41, 5.74) is -0.741. The number of carbonyl (C=O) groups excluding carboxylic acids is 3. The summed E-state index contributed by atoms with van der Waals surface area (Å²) in [7, 11) is 0. The highest BCUT2D eigenvalue weighted by Crippen LogP contribution is 2.60. The van der Waals surface area contributed by atoms with Crippen molar-refractivity contribution in [2.45, 2.75) is 122 Å². The molecule has 1 saturated carbocycles. The van der Waals surface area contributed by atoms with Crippen molar-refractivity contribution in [1.82, 2.24) is 10.6 Å². The zero-order chi connectivity index (χ0) is 29.9. The summed E-state index contributed by atoms with van der Waals surface area (Å²) in [6.07, 6.45) is 2.84. The van der Waals surface area contributed by atoms with E-state index in [0.717, 1.165) is 19.3 Å². The van der Waals surface area contributed by atoms with Crippen LogP contribution in [-0.4, -0.2) is 65.4 Å². The molecule has 1 spiro atoms. The molecule has 3 N–H and O–H groups in total. The number of carboxylic acid groups (broad SMARTS) is 1. The molecular weight excluding hydrogens is 536 g/mol. The minimum absolute atomic E-state index is 0.0272. The van der Waals surface area contributed by atoms with E-state index in [-0.39, 0.29) is 61.3 Å². The van der Waals surface area contributed by atoms with Crippen LogP contribution in [0.3, 0.4) is 0 Å². The average Bonchev–Trinajstić information content (AvgIpc) is 3.16. The Hall–Kier alpha value is -2.28. The number of aliphatic carboxylic acids is 1. The summed E-state index contributed by atoms with van der Waals surface area (Å²) >= 11 is 0. The Morgan fingerprint density at radius 3 is 2.49 bits per heavy atom. The second-order valence-electron chi connectivity index (χ2n) is 12.5. The van der Waals surface area contributed by atoms with E-state index in [1.165, 1.54) is 0 Å². The summed E-state index contributed by atoms with van der Waals surface area (Å²) in [5.74, 6) is -2.93. The molecule has 0 radical (unpaired) electrons. The molecule has 5 fully saturated rings. The average molecular weight is 583 g/mol. The van der Waals surface area contributed by atoms with Gasteiger partial charge in [-0.1, -0.05) is 34.1 Å². The molecule has 0 unspecified atom stereocenters. The maximum atomic E-state index is 12.7. The number of esters is 1. The SMILES string of the molecule is CC[C@@H](C)[C@H](NC(=O)CCCNC(=O)CCC(=O)O[C@H]1O[C@H]2O[C@@]3(C)CC[C@H]4[C@H](C)CC[C@@H]([C@H]1C)[C@]24OO3)C(=O)O. The molecule has 0 aromatic carbocycles. The Kier molecular flexibility index (Phi) is 9.98. The lowest BCUT2D eigenvalue weighted by atomic mass is 9.58. The maximum absolute atomic E-state index is 12.7. The molecule has 12 heteroatoms. The van der Waals surface area contributed by atoms with Crippen LogP contribution in [0.25, 0.3) is 0 Å². The van der Waals surface area contributed by atoms with E-state index in [1.807, 2.05) is 20.8 Å². The van der Waals surface area contributed by atoms with Crippen molar-refractivity contribution in [2.75, 3.05) is 6.54 Å². The van der Waals surface area contributed by atoms with Crippen LogP contribution in [0.2, 0.25) is 0 Å². The third-order valence-electron chi connectivity index (χ3n) is 9.60. The van der Waals surface area contributed by atoms with Gasteiger partial charge < -0.3 is 30.0 Å². The van der Waals surface area contributed by atoms with Crippen LogP contribution in [0.15, 0.2) is 0 Å². The molecule has 4 heterocycles. The zero-order valence-corrected chi connectivity index (χ0v) is 24.8. The second kappa shape index (κ2) is 12.9. The van der Waals surface area contributed by atoms with Gasteiger partial charge >= 0.3 is 11.9 Å². The number of rotatable bonds is 12. The highest BCUT2D eigenvalue weighted by atomic mass is 17.3. The van der Waals surface area contributed by atoms with Crippen molar-refractivity contribution in [3.8, 4) is 0 Å². The van der Waals surface area contributed by atoms with Crippen molar-refractivity contribution in [1.29, 1.82) is 0 Å². The van der Waals surface area contributed by atoms with Gasteiger partial charge in [-0.05, 0) is 50.4 Å². The molecule has 41 heavy (non-hydrogen) atoms. The number of carbonyl (C=O) groups is 4. The first-order valence-corrected chi connectivity index (χ1v) is 15.1. The molecule has 5 aliphatic rings. The van der Waals surface area contributed by atoms with Gasteiger partial charge in [0.15, 0.2) is 11.9 Å². The number of nitrogens with one attached hydrogen (secondary N) is 2. The molecule has 4 saturated heterocycles. The fraction of sp³-hybridized carbons (Fsp3) is 0.862. The van der Waals surface area contributed by atoms with Gasteiger partial charge in [-0.3, -0.25) is 14.4 Å². The summed E-state index contributed by atoms with van der Waals surface area (Å²) in [6.45, 7) is 9.93. The number of ether oxygens (including phenoxy) is 3. The molecule has 10 atom stereocenters. The van der Waals surface area contributed by atoms with Crippen LogP contribution in [0.4, 0.5) is 0 Å². The molecule has 12 nitrogen and oxygen atoms in total. The van der Waals surface area contributed by atoms with Gasteiger partial charge in [0.25, 0.3) is 0 Å². The minimum atomic E-state index is -1.07. The summed E-state index contributed by atoms with van der Waals surface area (Å²) in [5, 5.41) is 14.5. The van der Waals surface area contributed by atoms with Crippen molar-refractivity contribution in [3.63, 3.8) is 0 Å². The molecule has 2 amide bonds. The van der Waals surface area contributed by atoms with E-state index >= 15 is 0 Å². The topological polar surface area (TPSA) is 159 Å². The lowest BCUT2D eigenvalue weighted by Gasteiger charge is -2.59. The number of amides is 2. The van der Waals surface area contributed by atoms with Gasteiger partial charge in [-0.2, -0.15) is 0 Å². The molecule has 2 bridgehead atoms. The number of carboxylic acids is 1. The third kappa shape index (κ3) is 6.71.